The Hall–Kier alpha value is -1.06. The van der Waals surface area contributed by atoms with E-state index in [0.29, 0.717) is 24.8 Å². The van der Waals surface area contributed by atoms with Crippen LogP contribution in [0.25, 0.3) is 0 Å². The van der Waals surface area contributed by atoms with Gasteiger partial charge in [0.2, 0.25) is 5.91 Å². The van der Waals surface area contributed by atoms with E-state index in [1.54, 1.807) is 0 Å². The topological polar surface area (TPSA) is 66.4 Å². The molecule has 1 aliphatic carbocycles. The molecule has 104 valence electrons. The van der Waals surface area contributed by atoms with Gasteiger partial charge in [-0.15, -0.1) is 0 Å². The quantitative estimate of drug-likeness (QED) is 0.734. The van der Waals surface area contributed by atoms with E-state index in [9.17, 15) is 9.59 Å². The second-order valence-electron chi connectivity index (χ2n) is 5.63. The van der Waals surface area contributed by atoms with Gasteiger partial charge in [0.15, 0.2) is 0 Å². The Morgan fingerprint density at radius 1 is 1.33 bits per heavy atom. The molecule has 4 heteroatoms. The molecule has 2 N–H and O–H groups in total. The predicted octanol–water partition coefficient (Wildman–Crippen LogP) is 2.43. The third kappa shape index (κ3) is 5.07. The van der Waals surface area contributed by atoms with Gasteiger partial charge < -0.3 is 10.4 Å². The number of carbonyl (C=O) groups is 2. The molecule has 0 bridgehead atoms. The molecule has 0 aliphatic heterocycles. The van der Waals surface area contributed by atoms with Crippen molar-refractivity contribution in [3.05, 3.63) is 0 Å². The maximum Gasteiger partial charge on any atom is 0.303 e. The van der Waals surface area contributed by atoms with E-state index in [1.807, 2.05) is 6.92 Å². The Kier molecular flexibility index (Phi) is 6.16. The minimum atomic E-state index is -0.745. The molecule has 0 heterocycles. The van der Waals surface area contributed by atoms with Crippen LogP contribution < -0.4 is 5.32 Å². The van der Waals surface area contributed by atoms with E-state index in [4.69, 9.17) is 5.11 Å². The van der Waals surface area contributed by atoms with Crippen molar-refractivity contribution in [1.82, 2.24) is 5.32 Å². The standard InChI is InChI=1S/C14H25NO3/c1-10(6-7-13(16)17)8-9-15-14(18)12-5-3-4-11(12)2/h10-12H,3-9H2,1-2H3,(H,15,18)(H,16,17). The Labute approximate surface area is 109 Å². The van der Waals surface area contributed by atoms with Crippen LogP contribution >= 0.6 is 0 Å². The molecule has 0 aromatic heterocycles. The van der Waals surface area contributed by atoms with E-state index in [-0.39, 0.29) is 18.2 Å². The van der Waals surface area contributed by atoms with Crippen LogP contribution in [0.1, 0.15) is 52.4 Å². The number of hydrogen-bond acceptors (Lipinski definition) is 2. The van der Waals surface area contributed by atoms with Gasteiger partial charge in [-0.05, 0) is 37.5 Å². The highest BCUT2D eigenvalue weighted by molar-refractivity contribution is 5.79. The lowest BCUT2D eigenvalue weighted by atomic mass is 9.97. The molecular weight excluding hydrogens is 230 g/mol. The first-order valence-corrected chi connectivity index (χ1v) is 7.00. The van der Waals surface area contributed by atoms with Crippen LogP contribution in [0.2, 0.25) is 0 Å². The zero-order valence-corrected chi connectivity index (χ0v) is 11.4. The molecule has 1 aliphatic rings. The Balaban J connectivity index is 2.13. The molecule has 0 aromatic rings. The molecule has 1 rings (SSSR count). The molecule has 1 amide bonds. The number of carboxylic acid groups (broad SMARTS) is 1. The van der Waals surface area contributed by atoms with Crippen LogP contribution in [0, 0.1) is 17.8 Å². The lowest BCUT2D eigenvalue weighted by Gasteiger charge is -2.16. The van der Waals surface area contributed by atoms with Crippen LogP contribution in [-0.4, -0.2) is 23.5 Å². The number of carbonyl (C=O) groups excluding carboxylic acids is 1. The first-order chi connectivity index (χ1) is 8.50. The van der Waals surface area contributed by atoms with Gasteiger partial charge in [0, 0.05) is 18.9 Å². The van der Waals surface area contributed by atoms with E-state index in [2.05, 4.69) is 12.2 Å². The number of carboxylic acids is 1. The summed E-state index contributed by atoms with van der Waals surface area (Å²) in [5.41, 5.74) is 0. The molecule has 0 spiro atoms. The summed E-state index contributed by atoms with van der Waals surface area (Å²) in [7, 11) is 0. The average Bonchev–Trinajstić information content (AvgIpc) is 2.72. The van der Waals surface area contributed by atoms with Crippen LogP contribution in [0.4, 0.5) is 0 Å². The second kappa shape index (κ2) is 7.39. The van der Waals surface area contributed by atoms with E-state index >= 15 is 0 Å². The minimum Gasteiger partial charge on any atom is -0.481 e. The van der Waals surface area contributed by atoms with Crippen molar-refractivity contribution in [3.8, 4) is 0 Å². The van der Waals surface area contributed by atoms with Crippen molar-refractivity contribution in [2.75, 3.05) is 6.54 Å². The summed E-state index contributed by atoms with van der Waals surface area (Å²) in [5, 5.41) is 11.6. The zero-order valence-electron chi connectivity index (χ0n) is 11.4. The third-order valence-corrected chi connectivity index (χ3v) is 3.99. The highest BCUT2D eigenvalue weighted by Crippen LogP contribution is 2.31. The van der Waals surface area contributed by atoms with E-state index < -0.39 is 5.97 Å². The summed E-state index contributed by atoms with van der Waals surface area (Å²) in [5.74, 6) is 0.493. The lowest BCUT2D eigenvalue weighted by Crippen LogP contribution is -2.33. The number of amides is 1. The van der Waals surface area contributed by atoms with E-state index in [0.717, 1.165) is 25.7 Å². The average molecular weight is 255 g/mol. The van der Waals surface area contributed by atoms with Crippen molar-refractivity contribution < 1.29 is 14.7 Å². The summed E-state index contributed by atoms with van der Waals surface area (Å²) in [6.07, 6.45) is 5.10. The molecule has 1 saturated carbocycles. The van der Waals surface area contributed by atoms with Crippen molar-refractivity contribution in [1.29, 1.82) is 0 Å². The fraction of sp³-hybridized carbons (Fsp3) is 0.857. The zero-order chi connectivity index (χ0) is 13.5. The highest BCUT2D eigenvalue weighted by Gasteiger charge is 2.29. The van der Waals surface area contributed by atoms with Crippen LogP contribution in [-0.2, 0) is 9.59 Å². The summed E-state index contributed by atoms with van der Waals surface area (Å²) in [6.45, 7) is 4.85. The van der Waals surface area contributed by atoms with Gasteiger partial charge in [-0.1, -0.05) is 20.3 Å². The van der Waals surface area contributed by atoms with Crippen LogP contribution in [0.3, 0.4) is 0 Å². The smallest absolute Gasteiger partial charge is 0.303 e. The molecule has 0 saturated heterocycles. The number of rotatable bonds is 7. The van der Waals surface area contributed by atoms with E-state index in [1.165, 1.54) is 0 Å². The molecule has 0 aromatic carbocycles. The summed E-state index contributed by atoms with van der Waals surface area (Å²) in [4.78, 5) is 22.3. The molecule has 3 atom stereocenters. The fourth-order valence-corrected chi connectivity index (χ4v) is 2.62. The molecular formula is C14H25NO3. The van der Waals surface area contributed by atoms with Gasteiger partial charge in [0.25, 0.3) is 0 Å². The molecule has 18 heavy (non-hydrogen) atoms. The highest BCUT2D eigenvalue weighted by atomic mass is 16.4. The van der Waals surface area contributed by atoms with Crippen molar-refractivity contribution in [2.24, 2.45) is 17.8 Å². The van der Waals surface area contributed by atoms with Crippen molar-refractivity contribution >= 4 is 11.9 Å². The fourth-order valence-electron chi connectivity index (χ4n) is 2.62. The Morgan fingerprint density at radius 3 is 2.61 bits per heavy atom. The maximum atomic E-state index is 11.9. The number of hydrogen-bond donors (Lipinski definition) is 2. The summed E-state index contributed by atoms with van der Waals surface area (Å²) < 4.78 is 0. The van der Waals surface area contributed by atoms with Gasteiger partial charge in [0.1, 0.15) is 0 Å². The molecule has 4 nitrogen and oxygen atoms in total. The largest absolute Gasteiger partial charge is 0.481 e. The summed E-state index contributed by atoms with van der Waals surface area (Å²) >= 11 is 0. The Bertz CT molecular complexity index is 291. The second-order valence-corrected chi connectivity index (χ2v) is 5.63. The Morgan fingerprint density at radius 2 is 2.06 bits per heavy atom. The molecule has 1 fully saturated rings. The summed E-state index contributed by atoms with van der Waals surface area (Å²) in [6, 6.07) is 0. The first-order valence-electron chi connectivity index (χ1n) is 7.00. The lowest BCUT2D eigenvalue weighted by molar-refractivity contribution is -0.137. The first kappa shape index (κ1) is 15.0. The van der Waals surface area contributed by atoms with Gasteiger partial charge in [-0.25, -0.2) is 0 Å². The molecule has 3 unspecified atom stereocenters. The third-order valence-electron chi connectivity index (χ3n) is 3.99. The van der Waals surface area contributed by atoms with Crippen LogP contribution in [0.5, 0.6) is 0 Å². The van der Waals surface area contributed by atoms with Gasteiger partial charge >= 0.3 is 5.97 Å². The minimum absolute atomic E-state index is 0.186. The monoisotopic (exact) mass is 255 g/mol. The maximum absolute atomic E-state index is 11.9. The van der Waals surface area contributed by atoms with Gasteiger partial charge in [-0.3, -0.25) is 9.59 Å². The number of aliphatic carboxylic acids is 1. The van der Waals surface area contributed by atoms with Crippen molar-refractivity contribution in [3.63, 3.8) is 0 Å². The normalized spacial score (nSPS) is 24.8. The molecule has 0 radical (unpaired) electrons. The van der Waals surface area contributed by atoms with Gasteiger partial charge in [0.05, 0.1) is 0 Å². The van der Waals surface area contributed by atoms with Gasteiger partial charge in [-0.2, -0.15) is 0 Å². The van der Waals surface area contributed by atoms with Crippen molar-refractivity contribution in [2.45, 2.75) is 52.4 Å². The SMILES string of the molecule is CC(CCNC(=O)C1CCCC1C)CCC(=O)O. The predicted molar refractivity (Wildman–Crippen MR) is 70.2 cm³/mol. The number of nitrogens with one attached hydrogen (secondary N) is 1. The van der Waals surface area contributed by atoms with Crippen LogP contribution in [0.15, 0.2) is 0 Å².